The van der Waals surface area contributed by atoms with Crippen LogP contribution in [0.4, 0.5) is 9.59 Å². The molecule has 0 spiro atoms. The van der Waals surface area contributed by atoms with Crippen LogP contribution < -0.4 is 16.0 Å². The molecule has 10 nitrogen and oxygen atoms in total. The fraction of sp³-hybridized carbons (Fsp3) is 0.706. The first-order valence-electron chi connectivity index (χ1n) is 16.5. The number of aliphatic carboxylic acids is 1. The van der Waals surface area contributed by atoms with Gasteiger partial charge < -0.3 is 30.5 Å². The van der Waals surface area contributed by atoms with Crippen LogP contribution in [-0.4, -0.2) is 53.4 Å². The molecule has 1 rings (SSSR count). The minimum Gasteiger partial charge on any atom is -0.481 e. The maximum Gasteiger partial charge on any atom is 0.408 e. The average molecular weight is 620 g/mol. The molecular formula is C34H57N3O7. The number of hydrogen-bond donors (Lipinski definition) is 4. The number of benzene rings is 1. The van der Waals surface area contributed by atoms with Crippen LogP contribution in [0.5, 0.6) is 0 Å². The van der Waals surface area contributed by atoms with Crippen molar-refractivity contribution in [1.82, 2.24) is 16.0 Å². The Kier molecular flexibility index (Phi) is 20.4. The Morgan fingerprint density at radius 2 is 1.36 bits per heavy atom. The molecule has 1 aromatic rings. The summed E-state index contributed by atoms with van der Waals surface area (Å²) in [6.45, 7) is 7.80. The van der Waals surface area contributed by atoms with Crippen LogP contribution >= 0.6 is 0 Å². The van der Waals surface area contributed by atoms with Crippen LogP contribution in [-0.2, 0) is 25.7 Å². The van der Waals surface area contributed by atoms with Crippen LogP contribution in [0.3, 0.4) is 0 Å². The number of nitrogens with one attached hydrogen (secondary N) is 3. The molecule has 4 N–H and O–H groups in total. The average Bonchev–Trinajstić information content (AvgIpc) is 2.95. The molecular weight excluding hydrogens is 562 g/mol. The summed E-state index contributed by atoms with van der Waals surface area (Å²) in [6, 6.07) is 7.66. The summed E-state index contributed by atoms with van der Waals surface area (Å²) in [5, 5.41) is 17.6. The Balaban J connectivity index is 2.61. The number of carboxylic acids is 1. The fourth-order valence-electron chi connectivity index (χ4n) is 4.78. The van der Waals surface area contributed by atoms with E-state index in [9.17, 15) is 24.3 Å². The number of alkyl carbamates (subject to hydrolysis) is 2. The molecule has 10 heteroatoms. The molecule has 0 saturated carbocycles. The molecule has 0 saturated heterocycles. The van der Waals surface area contributed by atoms with E-state index in [2.05, 4.69) is 22.9 Å². The quantitative estimate of drug-likeness (QED) is 0.0945. The first-order valence-corrected chi connectivity index (χ1v) is 16.5. The first kappa shape index (κ1) is 38.7. The number of carbonyl (C=O) groups is 4. The molecule has 0 aromatic heterocycles. The lowest BCUT2D eigenvalue weighted by atomic mass is 10.0. The maximum absolute atomic E-state index is 13.3. The summed E-state index contributed by atoms with van der Waals surface area (Å²) in [6.07, 6.45) is 12.6. The Morgan fingerprint density at radius 1 is 0.773 bits per heavy atom. The van der Waals surface area contributed by atoms with Gasteiger partial charge in [-0.1, -0.05) is 108 Å². The first-order chi connectivity index (χ1) is 21.0. The van der Waals surface area contributed by atoms with Gasteiger partial charge in [-0.2, -0.15) is 0 Å². The molecule has 44 heavy (non-hydrogen) atoms. The van der Waals surface area contributed by atoms with Crippen molar-refractivity contribution in [2.75, 3.05) is 6.54 Å². The zero-order valence-corrected chi connectivity index (χ0v) is 27.5. The molecule has 1 aromatic carbocycles. The second-order valence-electron chi connectivity index (χ2n) is 12.5. The largest absolute Gasteiger partial charge is 0.481 e. The van der Waals surface area contributed by atoms with Crippen molar-refractivity contribution in [3.8, 4) is 0 Å². The van der Waals surface area contributed by atoms with Crippen molar-refractivity contribution >= 4 is 24.1 Å². The number of carbonyl (C=O) groups excluding carboxylic acids is 3. The smallest absolute Gasteiger partial charge is 0.408 e. The van der Waals surface area contributed by atoms with E-state index in [1.807, 2.05) is 30.3 Å². The molecule has 3 amide bonds. The van der Waals surface area contributed by atoms with Gasteiger partial charge in [0.15, 0.2) is 0 Å². The molecule has 2 atom stereocenters. The lowest BCUT2D eigenvalue weighted by Gasteiger charge is -2.23. The minimum absolute atomic E-state index is 0.0434. The van der Waals surface area contributed by atoms with Gasteiger partial charge in [0.2, 0.25) is 5.91 Å². The molecule has 0 radical (unpaired) electrons. The highest BCUT2D eigenvalue weighted by Crippen LogP contribution is 2.14. The number of unbranched alkanes of at least 4 members (excludes halogenated alkanes) is 10. The summed E-state index contributed by atoms with van der Waals surface area (Å²) in [7, 11) is 0. The zero-order chi connectivity index (χ0) is 32.6. The van der Waals surface area contributed by atoms with Crippen LogP contribution in [0.2, 0.25) is 0 Å². The van der Waals surface area contributed by atoms with E-state index >= 15 is 0 Å². The summed E-state index contributed by atoms with van der Waals surface area (Å²) in [4.78, 5) is 49.4. The highest BCUT2D eigenvalue weighted by Gasteiger charge is 2.25. The van der Waals surface area contributed by atoms with Gasteiger partial charge in [-0.25, -0.2) is 9.59 Å². The van der Waals surface area contributed by atoms with E-state index in [0.29, 0.717) is 12.8 Å². The van der Waals surface area contributed by atoms with Crippen molar-refractivity contribution in [1.29, 1.82) is 0 Å². The molecule has 0 aliphatic heterocycles. The maximum atomic E-state index is 13.3. The Labute approximate surface area is 264 Å². The number of amides is 3. The van der Waals surface area contributed by atoms with Gasteiger partial charge in [-0.05, 0) is 45.6 Å². The van der Waals surface area contributed by atoms with Crippen LogP contribution in [0.25, 0.3) is 0 Å². The SMILES string of the molecule is CCCCCCCCCCCCC[C@H](CC(=O)O)NC(=O)[C@H](CCCNC(=O)OC(C)(C)C)NC(=O)OCc1ccccc1. The van der Waals surface area contributed by atoms with Crippen LogP contribution in [0, 0.1) is 0 Å². The molecule has 0 unspecified atom stereocenters. The minimum atomic E-state index is -0.994. The third kappa shape index (κ3) is 21.4. The van der Waals surface area contributed by atoms with E-state index in [4.69, 9.17) is 9.47 Å². The van der Waals surface area contributed by atoms with Gasteiger partial charge in [-0.15, -0.1) is 0 Å². The lowest BCUT2D eigenvalue weighted by Crippen LogP contribution is -2.50. The van der Waals surface area contributed by atoms with E-state index < -0.39 is 41.7 Å². The summed E-state index contributed by atoms with van der Waals surface area (Å²) in [5.74, 6) is -1.47. The Morgan fingerprint density at radius 3 is 1.93 bits per heavy atom. The van der Waals surface area contributed by atoms with Crippen molar-refractivity contribution in [3.63, 3.8) is 0 Å². The summed E-state index contributed by atoms with van der Waals surface area (Å²) < 4.78 is 10.5. The highest BCUT2D eigenvalue weighted by molar-refractivity contribution is 5.86. The number of hydrogen-bond acceptors (Lipinski definition) is 6. The van der Waals surface area contributed by atoms with Crippen molar-refractivity contribution in [2.45, 2.75) is 148 Å². The van der Waals surface area contributed by atoms with Crippen molar-refractivity contribution < 1.29 is 33.8 Å². The van der Waals surface area contributed by atoms with Gasteiger partial charge >= 0.3 is 18.2 Å². The molecule has 250 valence electrons. The van der Waals surface area contributed by atoms with E-state index in [-0.39, 0.29) is 26.0 Å². The summed E-state index contributed by atoms with van der Waals surface area (Å²) >= 11 is 0. The zero-order valence-electron chi connectivity index (χ0n) is 27.5. The van der Waals surface area contributed by atoms with E-state index in [0.717, 1.165) is 31.2 Å². The van der Waals surface area contributed by atoms with E-state index in [1.165, 1.54) is 44.9 Å². The predicted octanol–water partition coefficient (Wildman–Crippen LogP) is 7.25. The van der Waals surface area contributed by atoms with Gasteiger partial charge in [0, 0.05) is 12.6 Å². The summed E-state index contributed by atoms with van der Waals surface area (Å²) in [5.41, 5.74) is 0.169. The number of carboxylic acid groups (broad SMARTS) is 1. The topological polar surface area (TPSA) is 143 Å². The Bertz CT molecular complexity index is 950. The molecule has 0 aliphatic rings. The normalized spacial score (nSPS) is 12.5. The number of rotatable bonds is 23. The van der Waals surface area contributed by atoms with Gasteiger partial charge in [-0.3, -0.25) is 9.59 Å². The molecule has 0 heterocycles. The van der Waals surface area contributed by atoms with E-state index in [1.54, 1.807) is 20.8 Å². The van der Waals surface area contributed by atoms with Crippen LogP contribution in [0.15, 0.2) is 30.3 Å². The van der Waals surface area contributed by atoms with Gasteiger partial charge in [0.25, 0.3) is 0 Å². The van der Waals surface area contributed by atoms with Crippen molar-refractivity contribution in [3.05, 3.63) is 35.9 Å². The van der Waals surface area contributed by atoms with Crippen molar-refractivity contribution in [2.24, 2.45) is 0 Å². The fourth-order valence-corrected chi connectivity index (χ4v) is 4.78. The highest BCUT2D eigenvalue weighted by atomic mass is 16.6. The molecule has 0 fully saturated rings. The lowest BCUT2D eigenvalue weighted by molar-refractivity contribution is -0.137. The van der Waals surface area contributed by atoms with Crippen LogP contribution in [0.1, 0.15) is 130 Å². The monoisotopic (exact) mass is 619 g/mol. The third-order valence-corrected chi connectivity index (χ3v) is 7.08. The Hall–Kier alpha value is -3.30. The standard InChI is InChI=1S/C34H57N3O7/c1-5-6-7-8-9-10-11-12-13-14-18-22-28(25-30(38)39)36-31(40)29(23-19-24-35-32(41)44-34(2,3)4)37-33(42)43-26-27-20-16-15-17-21-27/h15-17,20-21,28-29H,5-14,18-19,22-26H2,1-4H3,(H,35,41)(H,36,40)(H,37,42)(H,38,39)/t28-,29+/m1/s1. The molecule has 0 aliphatic carbocycles. The molecule has 0 bridgehead atoms. The predicted molar refractivity (Wildman–Crippen MR) is 172 cm³/mol. The second-order valence-corrected chi connectivity index (χ2v) is 12.5. The van der Waals surface area contributed by atoms with Gasteiger partial charge in [0.05, 0.1) is 6.42 Å². The number of ether oxygens (including phenoxy) is 2. The second kappa shape index (κ2) is 23.1. The van der Waals surface area contributed by atoms with Gasteiger partial charge in [0.1, 0.15) is 18.2 Å². The third-order valence-electron chi connectivity index (χ3n) is 7.08.